The Morgan fingerprint density at radius 1 is 1.61 bits per heavy atom. The predicted molar refractivity (Wildman–Crippen MR) is 55.4 cm³/mol. The van der Waals surface area contributed by atoms with Gasteiger partial charge in [-0.2, -0.15) is 9.65 Å². The van der Waals surface area contributed by atoms with Gasteiger partial charge in [-0.05, 0) is 6.07 Å². The van der Waals surface area contributed by atoms with Crippen molar-refractivity contribution in [3.63, 3.8) is 0 Å². The van der Waals surface area contributed by atoms with Gasteiger partial charge >= 0.3 is 0 Å². The number of nitriles is 1. The molecule has 1 aromatic heterocycles. The molecule has 1 aliphatic rings. The van der Waals surface area contributed by atoms with Gasteiger partial charge in [0.2, 0.25) is 5.95 Å². The highest BCUT2D eigenvalue weighted by molar-refractivity contribution is 5.94. The Morgan fingerprint density at radius 3 is 3.11 bits per heavy atom. The molecule has 94 valence electrons. The van der Waals surface area contributed by atoms with E-state index in [2.05, 4.69) is 4.98 Å². The SMILES string of the molecule is N#CC1CN(C(=O)c2ccnc(F)c2F)CCO1. The van der Waals surface area contributed by atoms with E-state index in [1.165, 1.54) is 4.90 Å². The lowest BCUT2D eigenvalue weighted by Crippen LogP contribution is -2.45. The lowest BCUT2D eigenvalue weighted by molar-refractivity contribution is 0.00321. The number of halogens is 2. The van der Waals surface area contributed by atoms with Gasteiger partial charge in [0.05, 0.1) is 24.8 Å². The third-order valence-corrected chi connectivity index (χ3v) is 2.57. The number of carbonyl (C=O) groups excluding carboxylic acids is 1. The van der Waals surface area contributed by atoms with Crippen molar-refractivity contribution in [1.29, 1.82) is 5.26 Å². The van der Waals surface area contributed by atoms with Gasteiger partial charge in [-0.1, -0.05) is 0 Å². The molecule has 1 aliphatic heterocycles. The number of hydrogen-bond acceptors (Lipinski definition) is 4. The smallest absolute Gasteiger partial charge is 0.257 e. The van der Waals surface area contributed by atoms with Crippen molar-refractivity contribution in [3.05, 3.63) is 29.6 Å². The second-order valence-corrected chi connectivity index (χ2v) is 3.70. The molecule has 0 radical (unpaired) electrons. The van der Waals surface area contributed by atoms with E-state index in [9.17, 15) is 13.6 Å². The van der Waals surface area contributed by atoms with E-state index in [4.69, 9.17) is 10.00 Å². The first-order chi connectivity index (χ1) is 8.63. The van der Waals surface area contributed by atoms with Crippen LogP contribution in [0.15, 0.2) is 12.3 Å². The zero-order valence-corrected chi connectivity index (χ0v) is 9.27. The Bertz CT molecular complexity index is 516. The lowest BCUT2D eigenvalue weighted by atomic mass is 10.2. The first-order valence-electron chi connectivity index (χ1n) is 5.24. The number of pyridine rings is 1. The monoisotopic (exact) mass is 253 g/mol. The molecule has 1 atom stereocenters. The largest absolute Gasteiger partial charge is 0.360 e. The molecule has 0 spiro atoms. The Kier molecular flexibility index (Phi) is 3.48. The van der Waals surface area contributed by atoms with Crippen LogP contribution in [0, 0.1) is 23.1 Å². The topological polar surface area (TPSA) is 66.2 Å². The van der Waals surface area contributed by atoms with Crippen molar-refractivity contribution in [1.82, 2.24) is 9.88 Å². The van der Waals surface area contributed by atoms with Crippen LogP contribution < -0.4 is 0 Å². The Hall–Kier alpha value is -2.07. The number of amides is 1. The maximum atomic E-state index is 13.4. The molecule has 7 heteroatoms. The highest BCUT2D eigenvalue weighted by atomic mass is 19.2. The van der Waals surface area contributed by atoms with Crippen molar-refractivity contribution in [2.45, 2.75) is 6.10 Å². The van der Waals surface area contributed by atoms with Crippen LogP contribution in [0.3, 0.4) is 0 Å². The number of nitrogens with zero attached hydrogens (tertiary/aromatic N) is 3. The summed E-state index contributed by atoms with van der Waals surface area (Å²) in [6.45, 7) is 0.470. The van der Waals surface area contributed by atoms with Gasteiger partial charge < -0.3 is 9.64 Å². The summed E-state index contributed by atoms with van der Waals surface area (Å²) in [5, 5.41) is 8.70. The van der Waals surface area contributed by atoms with Gasteiger partial charge in [0, 0.05) is 12.7 Å². The highest BCUT2D eigenvalue weighted by Gasteiger charge is 2.27. The molecule has 0 N–H and O–H groups in total. The molecule has 2 rings (SSSR count). The molecule has 0 saturated carbocycles. The quantitative estimate of drug-likeness (QED) is 0.692. The number of rotatable bonds is 1. The summed E-state index contributed by atoms with van der Waals surface area (Å²) in [6, 6.07) is 2.98. The molecule has 2 heterocycles. The van der Waals surface area contributed by atoms with Crippen molar-refractivity contribution >= 4 is 5.91 Å². The number of morpholine rings is 1. The third kappa shape index (κ3) is 2.28. The molecule has 1 fully saturated rings. The molecule has 1 unspecified atom stereocenters. The minimum absolute atomic E-state index is 0.0404. The van der Waals surface area contributed by atoms with Crippen LogP contribution in [0.25, 0.3) is 0 Å². The fraction of sp³-hybridized carbons (Fsp3) is 0.364. The Labute approximate surface area is 102 Å². The molecule has 5 nitrogen and oxygen atoms in total. The minimum atomic E-state index is -1.31. The molecule has 18 heavy (non-hydrogen) atoms. The van der Waals surface area contributed by atoms with E-state index >= 15 is 0 Å². The van der Waals surface area contributed by atoms with E-state index in [0.29, 0.717) is 0 Å². The second-order valence-electron chi connectivity index (χ2n) is 3.70. The Morgan fingerprint density at radius 2 is 2.39 bits per heavy atom. The number of aromatic nitrogens is 1. The van der Waals surface area contributed by atoms with E-state index in [0.717, 1.165) is 12.3 Å². The van der Waals surface area contributed by atoms with Crippen molar-refractivity contribution in [3.8, 4) is 6.07 Å². The van der Waals surface area contributed by atoms with E-state index in [1.54, 1.807) is 0 Å². The van der Waals surface area contributed by atoms with Gasteiger partial charge in [0.1, 0.15) is 0 Å². The summed E-state index contributed by atoms with van der Waals surface area (Å²) in [5.41, 5.74) is -0.388. The highest BCUT2D eigenvalue weighted by Crippen LogP contribution is 2.14. The molecule has 1 aromatic rings. The molecule has 0 aliphatic carbocycles. The molecular formula is C11H9F2N3O2. The maximum Gasteiger partial charge on any atom is 0.257 e. The average molecular weight is 253 g/mol. The summed E-state index contributed by atoms with van der Waals surface area (Å²) in [5.74, 6) is -3.26. The average Bonchev–Trinajstić information content (AvgIpc) is 2.41. The van der Waals surface area contributed by atoms with Crippen LogP contribution in [-0.4, -0.2) is 41.6 Å². The maximum absolute atomic E-state index is 13.4. The van der Waals surface area contributed by atoms with Crippen molar-refractivity contribution in [2.75, 3.05) is 19.7 Å². The van der Waals surface area contributed by atoms with Gasteiger partial charge in [0.15, 0.2) is 11.9 Å². The zero-order chi connectivity index (χ0) is 13.1. The number of ether oxygens (including phenoxy) is 1. The van der Waals surface area contributed by atoms with Crippen LogP contribution >= 0.6 is 0 Å². The van der Waals surface area contributed by atoms with Crippen LogP contribution in [0.2, 0.25) is 0 Å². The van der Waals surface area contributed by atoms with Crippen molar-refractivity contribution < 1.29 is 18.3 Å². The van der Waals surface area contributed by atoms with E-state index in [-0.39, 0.29) is 25.3 Å². The summed E-state index contributed by atoms with van der Waals surface area (Å²) >= 11 is 0. The summed E-state index contributed by atoms with van der Waals surface area (Å²) in [4.78, 5) is 16.3. The first kappa shape index (κ1) is 12.4. The van der Waals surface area contributed by atoms with Crippen LogP contribution in [0.5, 0.6) is 0 Å². The third-order valence-electron chi connectivity index (χ3n) is 2.57. The predicted octanol–water partition coefficient (Wildman–Crippen LogP) is 0.724. The molecule has 0 bridgehead atoms. The van der Waals surface area contributed by atoms with Gasteiger partial charge in [0.25, 0.3) is 5.91 Å². The van der Waals surface area contributed by atoms with Gasteiger partial charge in [-0.3, -0.25) is 4.79 Å². The first-order valence-corrected chi connectivity index (χ1v) is 5.24. The fourth-order valence-corrected chi connectivity index (χ4v) is 1.67. The van der Waals surface area contributed by atoms with Gasteiger partial charge in [-0.15, -0.1) is 0 Å². The number of hydrogen-bond donors (Lipinski definition) is 0. The van der Waals surface area contributed by atoms with Gasteiger partial charge in [-0.25, -0.2) is 9.37 Å². The van der Waals surface area contributed by atoms with Crippen molar-refractivity contribution in [2.24, 2.45) is 0 Å². The second kappa shape index (κ2) is 5.06. The lowest BCUT2D eigenvalue weighted by Gasteiger charge is -2.29. The fourth-order valence-electron chi connectivity index (χ4n) is 1.67. The van der Waals surface area contributed by atoms with Crippen LogP contribution in [0.1, 0.15) is 10.4 Å². The van der Waals surface area contributed by atoms with Crippen LogP contribution in [0.4, 0.5) is 8.78 Å². The molecule has 1 amide bonds. The normalized spacial score (nSPS) is 19.4. The van der Waals surface area contributed by atoms with E-state index in [1.807, 2.05) is 6.07 Å². The molecule has 0 aromatic carbocycles. The Balaban J connectivity index is 2.21. The molecular weight excluding hydrogens is 244 g/mol. The van der Waals surface area contributed by atoms with E-state index < -0.39 is 23.8 Å². The summed E-state index contributed by atoms with van der Waals surface area (Å²) in [6.07, 6.45) is 0.283. The minimum Gasteiger partial charge on any atom is -0.360 e. The zero-order valence-electron chi connectivity index (χ0n) is 9.27. The number of carbonyl (C=O) groups is 1. The van der Waals surface area contributed by atoms with Crippen LogP contribution in [-0.2, 0) is 4.74 Å². The molecule has 1 saturated heterocycles. The standard InChI is InChI=1S/C11H9F2N3O2/c12-9-8(1-2-15-10(9)13)11(17)16-3-4-18-7(5-14)6-16/h1-2,7H,3-4,6H2. The summed E-state index contributed by atoms with van der Waals surface area (Å²) < 4.78 is 31.4. The summed E-state index contributed by atoms with van der Waals surface area (Å²) in [7, 11) is 0.